The van der Waals surface area contributed by atoms with Gasteiger partial charge in [-0.15, -0.1) is 0 Å². The molecule has 4 aromatic rings. The predicted molar refractivity (Wildman–Crippen MR) is 326 cm³/mol. The molecule has 1 aliphatic rings. The minimum Gasteiger partial charge on any atom is -0.483 e. The largest absolute Gasteiger partial charge is 0.483 e. The highest BCUT2D eigenvalue weighted by atomic mass is 16.5. The minimum atomic E-state index is -0.231. The van der Waals surface area contributed by atoms with Crippen LogP contribution in [-0.4, -0.2) is 190 Å². The van der Waals surface area contributed by atoms with Gasteiger partial charge in [0.25, 0.3) is 23.6 Å². The first-order valence-electron chi connectivity index (χ1n) is 29.5. The molecule has 0 saturated heterocycles. The van der Waals surface area contributed by atoms with Crippen molar-refractivity contribution in [3.8, 4) is 23.0 Å². The van der Waals surface area contributed by atoms with Crippen molar-refractivity contribution in [2.75, 3.05) is 142 Å². The first-order valence-corrected chi connectivity index (χ1v) is 29.5. The number of amides is 4. The second kappa shape index (κ2) is 33.7. The van der Waals surface area contributed by atoms with Gasteiger partial charge in [0, 0.05) is 85.1 Å². The summed E-state index contributed by atoms with van der Waals surface area (Å²) in [6, 6.07) is 17.6. The van der Waals surface area contributed by atoms with E-state index in [1.54, 1.807) is 4.90 Å². The number of carbonyl (C=O) groups is 4. The zero-order valence-corrected chi connectivity index (χ0v) is 51.6. The Hall–Kier alpha value is -6.20. The van der Waals surface area contributed by atoms with Gasteiger partial charge in [0.2, 0.25) is 0 Å². The first kappa shape index (κ1) is 65.6. The van der Waals surface area contributed by atoms with Crippen molar-refractivity contribution in [2.45, 2.75) is 105 Å². The highest BCUT2D eigenvalue weighted by Gasteiger charge is 2.26. The van der Waals surface area contributed by atoms with E-state index in [1.807, 2.05) is 78.1 Å². The molecule has 4 amide bonds. The lowest BCUT2D eigenvalue weighted by Gasteiger charge is -2.25. The van der Waals surface area contributed by atoms with E-state index in [0.29, 0.717) is 101 Å². The van der Waals surface area contributed by atoms with Crippen LogP contribution in [0.5, 0.6) is 23.0 Å². The van der Waals surface area contributed by atoms with E-state index in [-0.39, 0.29) is 50.1 Å². The van der Waals surface area contributed by atoms with Gasteiger partial charge in [-0.3, -0.25) is 19.2 Å². The van der Waals surface area contributed by atoms with Crippen LogP contribution in [0.1, 0.15) is 120 Å². The van der Waals surface area contributed by atoms with E-state index in [2.05, 4.69) is 97.1 Å². The Morgan fingerprint density at radius 2 is 0.593 bits per heavy atom. The van der Waals surface area contributed by atoms with Crippen molar-refractivity contribution in [3.63, 3.8) is 0 Å². The van der Waals surface area contributed by atoms with Crippen LogP contribution in [-0.2, 0) is 70.5 Å². The summed E-state index contributed by atoms with van der Waals surface area (Å²) in [5.41, 5.74) is 11.5. The number of nitrogens with one attached hydrogen (secondary N) is 3. The molecule has 0 heterocycles. The highest BCUT2D eigenvalue weighted by Crippen LogP contribution is 2.41. The number of ether oxygens (including phenoxy) is 4. The van der Waals surface area contributed by atoms with Crippen molar-refractivity contribution >= 4 is 23.6 Å². The molecule has 0 aromatic heterocycles. The predicted octanol–water partition coefficient (Wildman–Crippen LogP) is 6.74. The summed E-state index contributed by atoms with van der Waals surface area (Å²) in [4.78, 5) is 65.0. The molecule has 16 nitrogen and oxygen atoms in total. The summed E-state index contributed by atoms with van der Waals surface area (Å²) in [6.45, 7) is 12.6. The summed E-state index contributed by atoms with van der Waals surface area (Å²) in [6.07, 6.45) is 8.23. The maximum absolute atomic E-state index is 14.1. The SMILES string of the molecule is CCCc1cc2c(OCC(=O)NCCN(C)C)c(c1)Cc1cc(CCC)cc(c1OCC(=O)NCCN(C)C)Cc1cc(CCC)cc(c1OCC(=O)N(C)CCN(C)C)Cc1cc(CCC)cc(c1OCC(=O)NCCN(C)C)C2. The molecule has 1 aliphatic carbocycles. The third-order valence-corrected chi connectivity index (χ3v) is 14.2. The molecule has 0 unspecified atom stereocenters. The van der Waals surface area contributed by atoms with Crippen molar-refractivity contribution in [2.24, 2.45) is 0 Å². The third kappa shape index (κ3) is 21.6. The fourth-order valence-electron chi connectivity index (χ4n) is 10.2. The second-order valence-electron chi connectivity index (χ2n) is 22.9. The fourth-order valence-corrected chi connectivity index (χ4v) is 10.2. The molecule has 4 aromatic carbocycles. The number of nitrogens with zero attached hydrogens (tertiary/aromatic N) is 5. The lowest BCUT2D eigenvalue weighted by Crippen LogP contribution is -2.36. The molecular weight excluding hydrogens is 1020 g/mol. The molecule has 0 radical (unpaired) electrons. The van der Waals surface area contributed by atoms with Gasteiger partial charge < -0.3 is 59.4 Å². The minimum absolute atomic E-state index is 0.144. The van der Waals surface area contributed by atoms with Gasteiger partial charge in [-0.1, -0.05) is 102 Å². The zero-order valence-electron chi connectivity index (χ0n) is 51.6. The van der Waals surface area contributed by atoms with Crippen molar-refractivity contribution < 1.29 is 38.1 Å². The number of rotatable bonds is 32. The Labute approximate surface area is 485 Å². The van der Waals surface area contributed by atoms with Crippen LogP contribution in [0.4, 0.5) is 0 Å². The molecule has 5 rings (SSSR count). The number of hydrogen-bond donors (Lipinski definition) is 3. The topological polar surface area (TPSA) is 157 Å². The van der Waals surface area contributed by atoms with Crippen molar-refractivity contribution in [3.05, 3.63) is 115 Å². The maximum atomic E-state index is 14.1. The van der Waals surface area contributed by atoms with Crippen LogP contribution >= 0.6 is 0 Å². The molecule has 0 aliphatic heterocycles. The van der Waals surface area contributed by atoms with E-state index in [1.165, 1.54) is 0 Å². The van der Waals surface area contributed by atoms with Gasteiger partial charge in [-0.25, -0.2) is 0 Å². The maximum Gasteiger partial charge on any atom is 0.260 e. The van der Waals surface area contributed by atoms with Crippen LogP contribution in [0.25, 0.3) is 0 Å². The summed E-state index contributed by atoms with van der Waals surface area (Å²) in [5, 5.41) is 9.14. The number of aryl methyl sites for hydroxylation is 4. The molecule has 0 saturated carbocycles. The Morgan fingerprint density at radius 3 is 0.815 bits per heavy atom. The number of likely N-dealkylation sites (N-methyl/N-ethyl adjacent to an activating group) is 5. The molecule has 446 valence electrons. The summed E-state index contributed by atoms with van der Waals surface area (Å²) in [7, 11) is 17.6. The molecule has 16 heteroatoms. The van der Waals surface area contributed by atoms with Crippen LogP contribution in [0.2, 0.25) is 0 Å². The molecule has 8 bridgehead atoms. The van der Waals surface area contributed by atoms with E-state index >= 15 is 0 Å². The number of benzene rings is 4. The van der Waals surface area contributed by atoms with Crippen LogP contribution in [0.3, 0.4) is 0 Å². The van der Waals surface area contributed by atoms with E-state index < -0.39 is 0 Å². The zero-order chi connectivity index (χ0) is 59.0. The second-order valence-corrected chi connectivity index (χ2v) is 22.9. The van der Waals surface area contributed by atoms with Crippen molar-refractivity contribution in [1.29, 1.82) is 0 Å². The average molecular weight is 1120 g/mol. The molecule has 0 atom stereocenters. The van der Waals surface area contributed by atoms with E-state index in [0.717, 1.165) is 118 Å². The highest BCUT2D eigenvalue weighted by molar-refractivity contribution is 5.79. The normalized spacial score (nSPS) is 12.2. The van der Waals surface area contributed by atoms with Gasteiger partial charge in [0.15, 0.2) is 26.4 Å². The number of hydrogen-bond acceptors (Lipinski definition) is 12. The summed E-state index contributed by atoms with van der Waals surface area (Å²) < 4.78 is 27.5. The quantitative estimate of drug-likeness (QED) is 0.0418. The van der Waals surface area contributed by atoms with Gasteiger partial charge >= 0.3 is 0 Å². The first-order chi connectivity index (χ1) is 38.8. The monoisotopic (exact) mass is 1120 g/mol. The van der Waals surface area contributed by atoms with Gasteiger partial charge in [-0.2, -0.15) is 0 Å². The lowest BCUT2D eigenvalue weighted by atomic mass is 9.87. The standard InChI is InChI=1S/C65H98N8O8/c1-14-18-46-30-50-38-52-32-47(19-15-2)34-54(63(52)79-43-59(75)67-23-26-70(7)8)40-56-36-49(21-17-4)37-57(65(56)81-45-61(77)73(13)29-28-72(11)12)41-55-35-48(20-16-3)33-53(64(55)80-44-60(76)68-24-27-71(9)10)39-51(31-46)62(50)78-42-58(74)66-22-25-69(5)6/h30-37H,14-29,38-45H2,1-13H3,(H,66,74)(H,67,75)(H,68,76). The number of fused-ring (bicyclic) bond motifs is 8. The smallest absolute Gasteiger partial charge is 0.260 e. The Kier molecular flexibility index (Phi) is 27.3. The van der Waals surface area contributed by atoms with Gasteiger partial charge in [0.05, 0.1) is 0 Å². The Bertz CT molecular complexity index is 2550. The van der Waals surface area contributed by atoms with Crippen LogP contribution < -0.4 is 34.9 Å². The number of carbonyl (C=O) groups excluding carboxylic acids is 4. The summed E-state index contributed by atoms with van der Waals surface area (Å²) >= 11 is 0. The molecule has 3 N–H and O–H groups in total. The average Bonchev–Trinajstić information content (AvgIpc) is 3.41. The molecular formula is C65H98N8O8. The molecule has 0 spiro atoms. The van der Waals surface area contributed by atoms with Gasteiger partial charge in [-0.05, 0) is 149 Å². The Balaban J connectivity index is 1.88. The molecule has 0 fully saturated rings. The van der Waals surface area contributed by atoms with E-state index in [9.17, 15) is 19.2 Å². The van der Waals surface area contributed by atoms with Crippen LogP contribution in [0, 0.1) is 0 Å². The van der Waals surface area contributed by atoms with Gasteiger partial charge in [0.1, 0.15) is 23.0 Å². The Morgan fingerprint density at radius 1 is 0.358 bits per heavy atom. The third-order valence-electron chi connectivity index (χ3n) is 14.2. The van der Waals surface area contributed by atoms with E-state index in [4.69, 9.17) is 18.9 Å². The summed E-state index contributed by atoms with van der Waals surface area (Å²) in [5.74, 6) is 1.56. The lowest BCUT2D eigenvalue weighted by molar-refractivity contribution is -0.132. The van der Waals surface area contributed by atoms with Crippen LogP contribution in [0.15, 0.2) is 48.5 Å². The molecule has 81 heavy (non-hydrogen) atoms. The fraction of sp³-hybridized carbons (Fsp3) is 0.569. The van der Waals surface area contributed by atoms with Crippen molar-refractivity contribution in [1.82, 2.24) is 40.4 Å².